The molecule has 98 valence electrons. The molecule has 3 heteroatoms. The van der Waals surface area contributed by atoms with Crippen molar-refractivity contribution in [2.45, 2.75) is 19.3 Å². The van der Waals surface area contributed by atoms with E-state index in [0.29, 0.717) is 6.61 Å². The molecule has 18 heavy (non-hydrogen) atoms. The van der Waals surface area contributed by atoms with E-state index in [1.165, 1.54) is 24.1 Å². The Morgan fingerprint density at radius 1 is 1.33 bits per heavy atom. The number of benzene rings is 1. The van der Waals surface area contributed by atoms with E-state index in [0.717, 1.165) is 26.1 Å². The van der Waals surface area contributed by atoms with Crippen LogP contribution in [0.2, 0.25) is 0 Å². The Balaban J connectivity index is 1.81. The van der Waals surface area contributed by atoms with Crippen molar-refractivity contribution >= 4 is 5.69 Å². The second kappa shape index (κ2) is 4.90. The number of anilines is 1. The number of para-hydroxylation sites is 1. The lowest BCUT2D eigenvalue weighted by molar-refractivity contribution is 0.0975. The molecule has 1 N–H and O–H groups in total. The minimum absolute atomic E-state index is 0.0511. The summed E-state index contributed by atoms with van der Waals surface area (Å²) < 4.78 is 5.49. The van der Waals surface area contributed by atoms with Gasteiger partial charge in [0.2, 0.25) is 0 Å². The first-order valence-corrected chi connectivity index (χ1v) is 6.84. The van der Waals surface area contributed by atoms with Gasteiger partial charge in [-0.3, -0.25) is 0 Å². The number of hydrogen-bond donors (Lipinski definition) is 1. The van der Waals surface area contributed by atoms with E-state index in [1.807, 2.05) is 0 Å². The van der Waals surface area contributed by atoms with Gasteiger partial charge in [0.25, 0.3) is 0 Å². The Bertz CT molecular complexity index is 413. The zero-order chi connectivity index (χ0) is 12.4. The van der Waals surface area contributed by atoms with E-state index < -0.39 is 0 Å². The summed E-state index contributed by atoms with van der Waals surface area (Å²) in [5, 5.41) is 9.69. The maximum atomic E-state index is 9.69. The minimum atomic E-state index is -0.0511. The van der Waals surface area contributed by atoms with E-state index in [9.17, 15) is 5.11 Å². The van der Waals surface area contributed by atoms with Crippen molar-refractivity contribution in [3.63, 3.8) is 0 Å². The molecule has 1 saturated heterocycles. The summed E-state index contributed by atoms with van der Waals surface area (Å²) in [5.74, 6) is 0. The Hall–Kier alpha value is -1.06. The molecule has 1 aromatic rings. The SMILES string of the molecule is OCC1(CN2CCCc3ccccc32)CCOC1. The standard InChI is InChI=1S/C15H21NO2/c17-11-15(7-9-18-12-15)10-16-8-3-5-13-4-1-2-6-14(13)16/h1-2,4,6,17H,3,5,7-12H2. The lowest BCUT2D eigenvalue weighted by Crippen LogP contribution is -2.43. The topological polar surface area (TPSA) is 32.7 Å². The first kappa shape index (κ1) is 12.0. The van der Waals surface area contributed by atoms with Crippen molar-refractivity contribution in [2.24, 2.45) is 5.41 Å². The van der Waals surface area contributed by atoms with Gasteiger partial charge >= 0.3 is 0 Å². The fourth-order valence-electron chi connectivity index (χ4n) is 3.13. The molecule has 1 aromatic carbocycles. The molecule has 0 aromatic heterocycles. The van der Waals surface area contributed by atoms with Gasteiger partial charge in [-0.2, -0.15) is 0 Å². The molecule has 1 fully saturated rings. The van der Waals surface area contributed by atoms with Crippen LogP contribution in [0.3, 0.4) is 0 Å². The van der Waals surface area contributed by atoms with E-state index >= 15 is 0 Å². The van der Waals surface area contributed by atoms with Crippen molar-refractivity contribution in [1.82, 2.24) is 0 Å². The number of nitrogens with zero attached hydrogens (tertiary/aromatic N) is 1. The maximum Gasteiger partial charge on any atom is 0.0562 e. The molecule has 0 saturated carbocycles. The van der Waals surface area contributed by atoms with Crippen LogP contribution in [0, 0.1) is 5.41 Å². The van der Waals surface area contributed by atoms with Crippen molar-refractivity contribution in [1.29, 1.82) is 0 Å². The smallest absolute Gasteiger partial charge is 0.0562 e. The van der Waals surface area contributed by atoms with Gasteiger partial charge < -0.3 is 14.7 Å². The number of rotatable bonds is 3. The first-order valence-electron chi connectivity index (χ1n) is 6.84. The predicted octanol–water partition coefficient (Wildman–Crippen LogP) is 1.84. The monoisotopic (exact) mass is 247 g/mol. The van der Waals surface area contributed by atoms with Crippen molar-refractivity contribution in [2.75, 3.05) is 37.8 Å². The van der Waals surface area contributed by atoms with Crippen molar-refractivity contribution in [3.05, 3.63) is 29.8 Å². The Labute approximate surface area is 108 Å². The minimum Gasteiger partial charge on any atom is -0.396 e. The molecule has 3 rings (SSSR count). The van der Waals surface area contributed by atoms with E-state index in [4.69, 9.17) is 4.74 Å². The highest BCUT2D eigenvalue weighted by Gasteiger charge is 2.37. The molecule has 3 nitrogen and oxygen atoms in total. The van der Waals surface area contributed by atoms with Crippen LogP contribution < -0.4 is 4.90 Å². The van der Waals surface area contributed by atoms with Crippen molar-refractivity contribution in [3.8, 4) is 0 Å². The quantitative estimate of drug-likeness (QED) is 0.884. The molecular formula is C15H21NO2. The molecule has 0 bridgehead atoms. The third-order valence-electron chi connectivity index (χ3n) is 4.25. The summed E-state index contributed by atoms with van der Waals surface area (Å²) in [6.45, 7) is 3.73. The fraction of sp³-hybridized carbons (Fsp3) is 0.600. The third kappa shape index (κ3) is 2.13. The highest BCUT2D eigenvalue weighted by molar-refractivity contribution is 5.55. The molecular weight excluding hydrogens is 226 g/mol. The molecule has 1 unspecified atom stereocenters. The highest BCUT2D eigenvalue weighted by atomic mass is 16.5. The Morgan fingerprint density at radius 3 is 3.00 bits per heavy atom. The molecule has 0 spiro atoms. The summed E-state index contributed by atoms with van der Waals surface area (Å²) in [6, 6.07) is 8.64. The van der Waals surface area contributed by atoms with Crippen LogP contribution in [-0.2, 0) is 11.2 Å². The molecule has 2 aliphatic rings. The second-order valence-corrected chi connectivity index (χ2v) is 5.61. The van der Waals surface area contributed by atoms with Crippen LogP contribution in [0.25, 0.3) is 0 Å². The van der Waals surface area contributed by atoms with Gasteiger partial charge in [-0.05, 0) is 30.9 Å². The van der Waals surface area contributed by atoms with Crippen LogP contribution in [0.4, 0.5) is 5.69 Å². The summed E-state index contributed by atoms with van der Waals surface area (Å²) in [7, 11) is 0. The largest absolute Gasteiger partial charge is 0.396 e. The van der Waals surface area contributed by atoms with Crippen LogP contribution in [0.5, 0.6) is 0 Å². The maximum absolute atomic E-state index is 9.69. The van der Waals surface area contributed by atoms with E-state index in [-0.39, 0.29) is 12.0 Å². The van der Waals surface area contributed by atoms with Gasteiger partial charge in [0.1, 0.15) is 0 Å². The van der Waals surface area contributed by atoms with Gasteiger partial charge in [-0.1, -0.05) is 18.2 Å². The van der Waals surface area contributed by atoms with Gasteiger partial charge in [-0.15, -0.1) is 0 Å². The van der Waals surface area contributed by atoms with Crippen molar-refractivity contribution < 1.29 is 9.84 Å². The average Bonchev–Trinajstić information content (AvgIpc) is 2.88. The number of hydrogen-bond acceptors (Lipinski definition) is 3. The molecule has 2 aliphatic heterocycles. The Kier molecular flexibility index (Phi) is 3.27. The third-order valence-corrected chi connectivity index (χ3v) is 4.25. The van der Waals surface area contributed by atoms with Gasteiger partial charge in [-0.25, -0.2) is 0 Å². The summed E-state index contributed by atoms with van der Waals surface area (Å²) in [4.78, 5) is 2.43. The number of aryl methyl sites for hydroxylation is 1. The number of fused-ring (bicyclic) bond motifs is 1. The van der Waals surface area contributed by atoms with E-state index in [1.54, 1.807) is 0 Å². The normalized spacial score (nSPS) is 27.3. The second-order valence-electron chi connectivity index (χ2n) is 5.61. The molecule has 0 radical (unpaired) electrons. The van der Waals surface area contributed by atoms with Crippen LogP contribution in [0.1, 0.15) is 18.4 Å². The number of aliphatic hydroxyl groups is 1. The molecule has 0 aliphatic carbocycles. The molecule has 2 heterocycles. The molecule has 1 atom stereocenters. The zero-order valence-electron chi connectivity index (χ0n) is 10.8. The highest BCUT2D eigenvalue weighted by Crippen LogP contribution is 2.34. The van der Waals surface area contributed by atoms with Gasteiger partial charge in [0.15, 0.2) is 0 Å². The lowest BCUT2D eigenvalue weighted by Gasteiger charge is -2.37. The number of aliphatic hydroxyl groups excluding tert-OH is 1. The molecule has 0 amide bonds. The van der Waals surface area contributed by atoms with Gasteiger partial charge in [0, 0.05) is 30.8 Å². The fourth-order valence-corrected chi connectivity index (χ4v) is 3.13. The van der Waals surface area contributed by atoms with E-state index in [2.05, 4.69) is 29.2 Å². The lowest BCUT2D eigenvalue weighted by atomic mass is 9.86. The van der Waals surface area contributed by atoms with Crippen LogP contribution in [0.15, 0.2) is 24.3 Å². The first-order chi connectivity index (χ1) is 8.83. The van der Waals surface area contributed by atoms with Gasteiger partial charge in [0.05, 0.1) is 13.2 Å². The van der Waals surface area contributed by atoms with Crippen LogP contribution >= 0.6 is 0 Å². The summed E-state index contributed by atoms with van der Waals surface area (Å²) in [6.07, 6.45) is 3.36. The van der Waals surface area contributed by atoms with Crippen LogP contribution in [-0.4, -0.2) is 38.0 Å². The average molecular weight is 247 g/mol. The zero-order valence-corrected chi connectivity index (χ0v) is 10.8. The predicted molar refractivity (Wildman–Crippen MR) is 71.9 cm³/mol. The summed E-state index contributed by atoms with van der Waals surface area (Å²) >= 11 is 0. The Morgan fingerprint density at radius 2 is 2.22 bits per heavy atom. The number of ether oxygens (including phenoxy) is 1. The summed E-state index contributed by atoms with van der Waals surface area (Å²) in [5.41, 5.74) is 2.74.